The Morgan fingerprint density at radius 2 is 2.06 bits per heavy atom. The van der Waals surface area contributed by atoms with Gasteiger partial charge in [0.2, 0.25) is 0 Å². The Morgan fingerprint density at radius 3 is 2.53 bits per heavy atom. The summed E-state index contributed by atoms with van der Waals surface area (Å²) in [5.74, 6) is 2.29. The molecule has 1 saturated carbocycles. The Morgan fingerprint density at radius 1 is 1.41 bits per heavy atom. The van der Waals surface area contributed by atoms with E-state index in [1.807, 2.05) is 6.07 Å². The van der Waals surface area contributed by atoms with Crippen molar-refractivity contribution in [2.75, 3.05) is 6.54 Å². The third kappa shape index (κ3) is 2.60. The molecule has 0 aliphatic heterocycles. The van der Waals surface area contributed by atoms with Crippen molar-refractivity contribution >= 4 is 15.9 Å². The molecule has 0 bridgehead atoms. The molecule has 1 aliphatic rings. The molecule has 0 saturated heterocycles. The van der Waals surface area contributed by atoms with Gasteiger partial charge in [0.05, 0.1) is 10.7 Å². The molecule has 1 aliphatic carbocycles. The van der Waals surface area contributed by atoms with Crippen LogP contribution in [0.4, 0.5) is 0 Å². The van der Waals surface area contributed by atoms with E-state index in [0.717, 1.165) is 16.8 Å². The molecule has 0 amide bonds. The largest absolute Gasteiger partial charge is 0.468 e. The number of furan rings is 1. The Kier molecular flexibility index (Phi) is 3.20. The van der Waals surface area contributed by atoms with Crippen LogP contribution in [0.1, 0.15) is 46.3 Å². The Hall–Kier alpha value is -0.280. The topological polar surface area (TPSA) is 25.2 Å². The van der Waals surface area contributed by atoms with Crippen LogP contribution in [0.25, 0.3) is 0 Å². The number of hydrogen-bond acceptors (Lipinski definition) is 2. The van der Waals surface area contributed by atoms with E-state index < -0.39 is 0 Å². The first-order valence-corrected chi connectivity index (χ1v) is 7.00. The SMILES string of the molecule is CC(C)(C)NCC1C(c2occc2Br)C1(C)C. The van der Waals surface area contributed by atoms with Gasteiger partial charge in [-0.25, -0.2) is 0 Å². The molecule has 96 valence electrons. The highest BCUT2D eigenvalue weighted by molar-refractivity contribution is 9.10. The van der Waals surface area contributed by atoms with Gasteiger partial charge in [-0.2, -0.15) is 0 Å². The van der Waals surface area contributed by atoms with E-state index in [4.69, 9.17) is 4.42 Å². The molecule has 2 rings (SSSR count). The fraction of sp³-hybridized carbons (Fsp3) is 0.714. The highest BCUT2D eigenvalue weighted by Crippen LogP contribution is 2.65. The van der Waals surface area contributed by atoms with Crippen LogP contribution in [0.2, 0.25) is 0 Å². The van der Waals surface area contributed by atoms with E-state index in [2.05, 4.69) is 55.9 Å². The second-order valence-corrected chi connectivity index (χ2v) is 7.52. The lowest BCUT2D eigenvalue weighted by Crippen LogP contribution is -2.37. The minimum atomic E-state index is 0.184. The summed E-state index contributed by atoms with van der Waals surface area (Å²) in [5.41, 5.74) is 0.516. The minimum Gasteiger partial charge on any atom is -0.468 e. The molecular formula is C14H22BrNO. The Labute approximate surface area is 112 Å². The third-order valence-corrected chi connectivity index (χ3v) is 4.49. The van der Waals surface area contributed by atoms with E-state index in [9.17, 15) is 0 Å². The van der Waals surface area contributed by atoms with Crippen molar-refractivity contribution in [3.8, 4) is 0 Å². The fourth-order valence-electron chi connectivity index (χ4n) is 2.59. The molecule has 1 fully saturated rings. The van der Waals surface area contributed by atoms with Crippen molar-refractivity contribution in [3.63, 3.8) is 0 Å². The van der Waals surface area contributed by atoms with E-state index in [1.165, 1.54) is 0 Å². The molecule has 17 heavy (non-hydrogen) atoms. The maximum atomic E-state index is 5.61. The fourth-order valence-corrected chi connectivity index (χ4v) is 3.04. The summed E-state index contributed by atoms with van der Waals surface area (Å²) >= 11 is 3.56. The zero-order valence-electron chi connectivity index (χ0n) is 11.3. The lowest BCUT2D eigenvalue weighted by Gasteiger charge is -2.20. The molecule has 2 atom stereocenters. The summed E-state index contributed by atoms with van der Waals surface area (Å²) in [5, 5.41) is 3.59. The maximum absolute atomic E-state index is 5.61. The van der Waals surface area contributed by atoms with Crippen LogP contribution in [-0.2, 0) is 0 Å². The molecule has 1 N–H and O–H groups in total. The molecule has 3 heteroatoms. The number of nitrogens with one attached hydrogen (secondary N) is 1. The number of hydrogen-bond donors (Lipinski definition) is 1. The molecule has 0 radical (unpaired) electrons. The molecule has 1 aromatic heterocycles. The van der Waals surface area contributed by atoms with Crippen LogP contribution in [-0.4, -0.2) is 12.1 Å². The average molecular weight is 300 g/mol. The summed E-state index contributed by atoms with van der Waals surface area (Å²) in [6, 6.07) is 1.98. The quantitative estimate of drug-likeness (QED) is 0.906. The van der Waals surface area contributed by atoms with Gasteiger partial charge in [-0.15, -0.1) is 0 Å². The van der Waals surface area contributed by atoms with E-state index in [1.54, 1.807) is 6.26 Å². The Balaban J connectivity index is 2.04. The normalized spacial score (nSPS) is 27.2. The van der Waals surface area contributed by atoms with Gasteiger partial charge in [-0.1, -0.05) is 13.8 Å². The van der Waals surface area contributed by atoms with Crippen molar-refractivity contribution in [1.82, 2.24) is 5.32 Å². The van der Waals surface area contributed by atoms with Crippen molar-refractivity contribution in [3.05, 3.63) is 22.6 Å². The van der Waals surface area contributed by atoms with Crippen molar-refractivity contribution < 1.29 is 4.42 Å². The second-order valence-electron chi connectivity index (χ2n) is 6.67. The van der Waals surface area contributed by atoms with Gasteiger partial charge in [0.25, 0.3) is 0 Å². The van der Waals surface area contributed by atoms with E-state index in [0.29, 0.717) is 17.3 Å². The highest BCUT2D eigenvalue weighted by Gasteiger charge is 2.60. The summed E-state index contributed by atoms with van der Waals surface area (Å²) < 4.78 is 6.72. The highest BCUT2D eigenvalue weighted by atomic mass is 79.9. The number of rotatable bonds is 3. The average Bonchev–Trinajstić information content (AvgIpc) is 2.52. The van der Waals surface area contributed by atoms with Crippen LogP contribution in [0.5, 0.6) is 0 Å². The predicted molar refractivity (Wildman–Crippen MR) is 74.2 cm³/mol. The van der Waals surface area contributed by atoms with Crippen molar-refractivity contribution in [2.45, 2.75) is 46.1 Å². The second kappa shape index (κ2) is 4.13. The lowest BCUT2D eigenvalue weighted by molar-refractivity contribution is 0.395. The van der Waals surface area contributed by atoms with Crippen LogP contribution in [0.3, 0.4) is 0 Å². The minimum absolute atomic E-state index is 0.184. The summed E-state index contributed by atoms with van der Waals surface area (Å²) in [4.78, 5) is 0. The first kappa shape index (κ1) is 13.2. The molecule has 2 unspecified atom stereocenters. The maximum Gasteiger partial charge on any atom is 0.121 e. The van der Waals surface area contributed by atoms with Gasteiger partial charge in [-0.05, 0) is 60.6 Å². The van der Waals surface area contributed by atoms with Gasteiger partial charge < -0.3 is 9.73 Å². The lowest BCUT2D eigenvalue weighted by atomic mass is 10.1. The summed E-state index contributed by atoms with van der Waals surface area (Å²) in [7, 11) is 0. The van der Waals surface area contributed by atoms with Crippen molar-refractivity contribution in [2.24, 2.45) is 11.3 Å². The van der Waals surface area contributed by atoms with Crippen LogP contribution in [0, 0.1) is 11.3 Å². The summed E-state index contributed by atoms with van der Waals surface area (Å²) in [6.07, 6.45) is 1.77. The molecule has 0 aromatic carbocycles. The zero-order chi connectivity index (χ0) is 12.8. The van der Waals surface area contributed by atoms with Gasteiger partial charge >= 0.3 is 0 Å². The third-order valence-electron chi connectivity index (χ3n) is 3.83. The molecule has 1 aromatic rings. The van der Waals surface area contributed by atoms with Gasteiger partial charge in [0, 0.05) is 11.5 Å². The first-order valence-electron chi connectivity index (χ1n) is 6.21. The molecule has 1 heterocycles. The molecule has 0 spiro atoms. The van der Waals surface area contributed by atoms with E-state index in [-0.39, 0.29) is 5.54 Å². The van der Waals surface area contributed by atoms with Crippen LogP contribution >= 0.6 is 15.9 Å². The standard InChI is InChI=1S/C14H22BrNO/c1-13(2,3)16-8-9-11(14(9,4)5)12-10(15)6-7-17-12/h6-7,9,11,16H,8H2,1-5H3. The van der Waals surface area contributed by atoms with Gasteiger partial charge in [0.1, 0.15) is 5.76 Å². The van der Waals surface area contributed by atoms with Crippen LogP contribution in [0.15, 0.2) is 21.2 Å². The predicted octanol–water partition coefficient (Wildman–Crippen LogP) is 4.17. The van der Waals surface area contributed by atoms with Crippen molar-refractivity contribution in [1.29, 1.82) is 0 Å². The van der Waals surface area contributed by atoms with Gasteiger partial charge in [0.15, 0.2) is 0 Å². The Bertz CT molecular complexity index is 403. The monoisotopic (exact) mass is 299 g/mol. The number of halogens is 1. The first-order chi connectivity index (χ1) is 7.73. The molecule has 2 nitrogen and oxygen atoms in total. The smallest absolute Gasteiger partial charge is 0.121 e. The van der Waals surface area contributed by atoms with E-state index >= 15 is 0 Å². The summed E-state index contributed by atoms with van der Waals surface area (Å²) in [6.45, 7) is 12.3. The zero-order valence-corrected chi connectivity index (χ0v) is 12.9. The van der Waals surface area contributed by atoms with Crippen LogP contribution < -0.4 is 5.32 Å². The molecular weight excluding hydrogens is 278 g/mol. The van der Waals surface area contributed by atoms with Gasteiger partial charge in [-0.3, -0.25) is 0 Å².